The molecule has 4 aromatic rings. The van der Waals surface area contributed by atoms with Crippen LogP contribution in [0.5, 0.6) is 11.5 Å². The molecule has 0 saturated heterocycles. The van der Waals surface area contributed by atoms with Gasteiger partial charge in [-0.15, -0.1) is 11.3 Å². The molecule has 0 aliphatic rings. The number of ether oxygens (including phenoxy) is 1. The second-order valence-corrected chi connectivity index (χ2v) is 7.76. The fourth-order valence-electron chi connectivity index (χ4n) is 2.86. The molecule has 0 spiro atoms. The number of carbonyl (C=O) groups is 1. The van der Waals surface area contributed by atoms with E-state index < -0.39 is 10.8 Å². The van der Waals surface area contributed by atoms with Gasteiger partial charge in [-0.25, -0.2) is 5.43 Å². The lowest BCUT2D eigenvalue weighted by molar-refractivity contribution is -0.385. The Balaban J connectivity index is 1.53. The average molecular weight is 452 g/mol. The summed E-state index contributed by atoms with van der Waals surface area (Å²) in [7, 11) is 0. The zero-order valence-corrected chi connectivity index (χ0v) is 17.4. The van der Waals surface area contributed by atoms with E-state index >= 15 is 0 Å². The van der Waals surface area contributed by atoms with Crippen molar-refractivity contribution in [1.29, 1.82) is 0 Å². The van der Waals surface area contributed by atoms with E-state index in [4.69, 9.17) is 16.3 Å². The molecule has 1 N–H and O–H groups in total. The summed E-state index contributed by atoms with van der Waals surface area (Å²) in [6, 6.07) is 20.8. The maximum absolute atomic E-state index is 12.6. The number of nitrogens with zero attached hydrogens (tertiary/aromatic N) is 2. The maximum atomic E-state index is 12.6. The second kappa shape index (κ2) is 8.95. The van der Waals surface area contributed by atoms with Crippen molar-refractivity contribution in [1.82, 2.24) is 5.43 Å². The van der Waals surface area contributed by atoms with Crippen LogP contribution in [0.3, 0.4) is 0 Å². The summed E-state index contributed by atoms with van der Waals surface area (Å²) >= 11 is 7.66. The summed E-state index contributed by atoms with van der Waals surface area (Å²) < 4.78 is 6.64. The summed E-state index contributed by atoms with van der Waals surface area (Å²) in [4.78, 5) is 23.4. The number of hydrogen-bond acceptors (Lipinski definition) is 6. The standard InChI is InChI=1S/C22H14ClN3O4S/c23-20-17-12-16(30-15-7-2-1-3-8-15)10-11-19(17)31-21(20)22(27)25-24-13-14-6-4-5-9-18(14)26(28)29/h1-13H,(H,25,27)/b24-13+. The third-order valence-corrected chi connectivity index (χ3v) is 5.96. The minimum Gasteiger partial charge on any atom is -0.457 e. The van der Waals surface area contributed by atoms with Crippen molar-refractivity contribution in [3.8, 4) is 11.5 Å². The first-order valence-electron chi connectivity index (χ1n) is 9.04. The lowest BCUT2D eigenvalue weighted by atomic mass is 10.2. The minimum absolute atomic E-state index is 0.105. The number of nitrogens with one attached hydrogen (secondary N) is 1. The van der Waals surface area contributed by atoms with Crippen molar-refractivity contribution < 1.29 is 14.5 Å². The zero-order valence-electron chi connectivity index (χ0n) is 15.8. The molecule has 0 fully saturated rings. The van der Waals surface area contributed by atoms with Crippen LogP contribution in [0, 0.1) is 10.1 Å². The summed E-state index contributed by atoms with van der Waals surface area (Å²) in [6.07, 6.45) is 1.23. The van der Waals surface area contributed by atoms with E-state index in [0.29, 0.717) is 16.9 Å². The van der Waals surface area contributed by atoms with Crippen LogP contribution in [0.4, 0.5) is 5.69 Å². The predicted molar refractivity (Wildman–Crippen MR) is 122 cm³/mol. The molecule has 154 valence electrons. The quantitative estimate of drug-likeness (QED) is 0.220. The topological polar surface area (TPSA) is 93.8 Å². The van der Waals surface area contributed by atoms with E-state index in [-0.39, 0.29) is 21.2 Å². The molecule has 31 heavy (non-hydrogen) atoms. The Labute approximate surface area is 185 Å². The van der Waals surface area contributed by atoms with Gasteiger partial charge < -0.3 is 4.74 Å². The van der Waals surface area contributed by atoms with E-state index in [2.05, 4.69) is 10.5 Å². The van der Waals surface area contributed by atoms with E-state index in [1.54, 1.807) is 24.3 Å². The molecule has 0 aliphatic heterocycles. The summed E-state index contributed by atoms with van der Waals surface area (Å²) in [5, 5.41) is 15.9. The van der Waals surface area contributed by atoms with Crippen LogP contribution in [0.15, 0.2) is 77.9 Å². The van der Waals surface area contributed by atoms with E-state index in [9.17, 15) is 14.9 Å². The average Bonchev–Trinajstić information content (AvgIpc) is 3.11. The van der Waals surface area contributed by atoms with Crippen LogP contribution in [0.1, 0.15) is 15.2 Å². The summed E-state index contributed by atoms with van der Waals surface area (Å²) in [6.45, 7) is 0. The fraction of sp³-hybridized carbons (Fsp3) is 0. The van der Waals surface area contributed by atoms with Crippen molar-refractivity contribution in [2.75, 3.05) is 0 Å². The number of fused-ring (bicyclic) bond motifs is 1. The van der Waals surface area contributed by atoms with Gasteiger partial charge in [0, 0.05) is 16.2 Å². The van der Waals surface area contributed by atoms with E-state index in [0.717, 1.165) is 4.70 Å². The SMILES string of the molecule is O=C(N/N=C/c1ccccc1[N+](=O)[O-])c1sc2ccc(Oc3ccccc3)cc2c1Cl. The molecule has 7 nitrogen and oxygen atoms in total. The van der Waals surface area contributed by atoms with Crippen LogP contribution in [-0.2, 0) is 0 Å². The Hall–Kier alpha value is -3.75. The van der Waals surface area contributed by atoms with Crippen molar-refractivity contribution >= 4 is 50.8 Å². The number of nitro benzene ring substituents is 1. The Kier molecular flexibility index (Phi) is 5.92. The molecule has 0 unspecified atom stereocenters. The second-order valence-electron chi connectivity index (χ2n) is 6.33. The molecule has 0 saturated carbocycles. The van der Waals surface area contributed by atoms with Gasteiger partial charge in [-0.05, 0) is 36.4 Å². The smallest absolute Gasteiger partial charge is 0.283 e. The highest BCUT2D eigenvalue weighted by molar-refractivity contribution is 7.21. The van der Waals surface area contributed by atoms with Crippen molar-refractivity contribution in [2.24, 2.45) is 5.10 Å². The molecule has 9 heteroatoms. The number of nitro groups is 1. The zero-order chi connectivity index (χ0) is 21.8. The molecular weight excluding hydrogens is 438 g/mol. The molecule has 1 heterocycles. The van der Waals surface area contributed by atoms with Crippen molar-refractivity contribution in [2.45, 2.75) is 0 Å². The minimum atomic E-state index is -0.513. The van der Waals surface area contributed by atoms with Crippen LogP contribution < -0.4 is 10.2 Å². The number of para-hydroxylation sites is 2. The summed E-state index contributed by atoms with van der Waals surface area (Å²) in [5.41, 5.74) is 2.54. The predicted octanol–water partition coefficient (Wildman–Crippen LogP) is 6.02. The monoisotopic (exact) mass is 451 g/mol. The highest BCUT2D eigenvalue weighted by Crippen LogP contribution is 2.38. The van der Waals surface area contributed by atoms with Crippen LogP contribution in [0.25, 0.3) is 10.1 Å². The normalized spacial score (nSPS) is 11.0. The molecular formula is C22H14ClN3O4S. The van der Waals surface area contributed by atoms with Crippen molar-refractivity contribution in [3.05, 3.63) is 98.4 Å². The van der Waals surface area contributed by atoms with Gasteiger partial charge in [0.15, 0.2) is 0 Å². The number of halogens is 1. The van der Waals surface area contributed by atoms with Crippen LogP contribution >= 0.6 is 22.9 Å². The Morgan fingerprint density at radius 1 is 1.06 bits per heavy atom. The van der Waals surface area contributed by atoms with Crippen LogP contribution in [-0.4, -0.2) is 17.0 Å². The number of hydrazone groups is 1. The molecule has 0 bridgehead atoms. The Bertz CT molecular complexity index is 1300. The lowest BCUT2D eigenvalue weighted by Crippen LogP contribution is -2.16. The van der Waals surface area contributed by atoms with Gasteiger partial charge in [0.1, 0.15) is 16.4 Å². The number of rotatable bonds is 6. The number of carbonyl (C=O) groups excluding carboxylic acids is 1. The molecule has 0 aliphatic carbocycles. The number of hydrogen-bond donors (Lipinski definition) is 1. The first-order valence-corrected chi connectivity index (χ1v) is 10.2. The first-order chi connectivity index (χ1) is 15.0. The van der Waals surface area contributed by atoms with Gasteiger partial charge in [-0.3, -0.25) is 14.9 Å². The van der Waals surface area contributed by atoms with E-state index in [1.165, 1.54) is 29.7 Å². The highest BCUT2D eigenvalue weighted by Gasteiger charge is 2.18. The molecule has 1 amide bonds. The lowest BCUT2D eigenvalue weighted by Gasteiger charge is -2.05. The van der Waals surface area contributed by atoms with Gasteiger partial charge in [0.05, 0.1) is 21.7 Å². The molecule has 4 rings (SSSR count). The third-order valence-electron chi connectivity index (χ3n) is 4.29. The fourth-order valence-corrected chi connectivity index (χ4v) is 4.23. The Morgan fingerprint density at radius 3 is 2.58 bits per heavy atom. The van der Waals surface area contributed by atoms with Gasteiger partial charge in [0.2, 0.25) is 0 Å². The largest absolute Gasteiger partial charge is 0.457 e. The van der Waals surface area contributed by atoms with E-state index in [1.807, 2.05) is 36.4 Å². The summed E-state index contributed by atoms with van der Waals surface area (Å²) in [5.74, 6) is 0.779. The molecule has 1 aromatic heterocycles. The van der Waals surface area contributed by atoms with Gasteiger partial charge in [0.25, 0.3) is 11.6 Å². The number of amides is 1. The van der Waals surface area contributed by atoms with Crippen LogP contribution in [0.2, 0.25) is 5.02 Å². The van der Waals surface area contributed by atoms with Crippen molar-refractivity contribution in [3.63, 3.8) is 0 Å². The number of benzene rings is 3. The third kappa shape index (κ3) is 4.55. The first kappa shape index (κ1) is 20.5. The molecule has 3 aromatic carbocycles. The molecule has 0 radical (unpaired) electrons. The maximum Gasteiger partial charge on any atom is 0.283 e. The van der Waals surface area contributed by atoms with Gasteiger partial charge in [-0.2, -0.15) is 5.10 Å². The number of thiophene rings is 1. The van der Waals surface area contributed by atoms with Gasteiger partial charge >= 0.3 is 0 Å². The highest BCUT2D eigenvalue weighted by atomic mass is 35.5. The van der Waals surface area contributed by atoms with Gasteiger partial charge in [-0.1, -0.05) is 41.9 Å². The molecule has 0 atom stereocenters. The Morgan fingerprint density at radius 2 is 1.81 bits per heavy atom.